The van der Waals surface area contributed by atoms with Gasteiger partial charge in [-0.05, 0) is 24.1 Å². The van der Waals surface area contributed by atoms with Gasteiger partial charge in [0.2, 0.25) is 5.91 Å². The van der Waals surface area contributed by atoms with E-state index in [2.05, 4.69) is 10.6 Å². The molecular formula is C14H19F3N2O2. The molecule has 0 heterocycles. The van der Waals surface area contributed by atoms with Crippen LogP contribution in [-0.4, -0.2) is 32.7 Å². The smallest absolute Gasteiger partial charge is 0.385 e. The molecular weight excluding hydrogens is 285 g/mol. The van der Waals surface area contributed by atoms with E-state index in [0.29, 0.717) is 25.3 Å². The molecule has 0 aromatic heterocycles. The zero-order valence-corrected chi connectivity index (χ0v) is 11.8. The maximum absolute atomic E-state index is 12.4. The van der Waals surface area contributed by atoms with Gasteiger partial charge >= 0.3 is 6.18 Å². The molecule has 4 nitrogen and oxygen atoms in total. The number of hydrogen-bond acceptors (Lipinski definition) is 3. The lowest BCUT2D eigenvalue weighted by atomic mass is 10.1. The predicted octanol–water partition coefficient (Wildman–Crippen LogP) is 1.95. The Kier molecular flexibility index (Phi) is 7.18. The maximum Gasteiger partial charge on any atom is 0.416 e. The fraction of sp³-hybridized carbons (Fsp3) is 0.500. The van der Waals surface area contributed by atoms with Crippen molar-refractivity contribution in [3.63, 3.8) is 0 Å². The first-order valence-corrected chi connectivity index (χ1v) is 6.56. The molecule has 0 fully saturated rings. The molecule has 2 N–H and O–H groups in total. The highest BCUT2D eigenvalue weighted by atomic mass is 19.4. The summed E-state index contributed by atoms with van der Waals surface area (Å²) < 4.78 is 42.0. The number of amides is 1. The standard InChI is InChI=1S/C14H19F3N2O2/c1-21-8-2-7-19-13(20)10-18-9-11-3-5-12(6-4-11)14(15,16)17/h3-6,18H,2,7-10H2,1H3,(H,19,20). The van der Waals surface area contributed by atoms with Crippen molar-refractivity contribution in [3.8, 4) is 0 Å². The van der Waals surface area contributed by atoms with E-state index in [4.69, 9.17) is 4.74 Å². The van der Waals surface area contributed by atoms with Gasteiger partial charge in [-0.2, -0.15) is 13.2 Å². The second kappa shape index (κ2) is 8.63. The van der Waals surface area contributed by atoms with Crippen molar-refractivity contribution in [1.29, 1.82) is 0 Å². The average molecular weight is 304 g/mol. The Bertz CT molecular complexity index is 433. The molecule has 0 aliphatic carbocycles. The van der Waals surface area contributed by atoms with Crippen LogP contribution in [0.1, 0.15) is 17.5 Å². The molecule has 0 radical (unpaired) electrons. The Morgan fingerprint density at radius 3 is 2.48 bits per heavy atom. The highest BCUT2D eigenvalue weighted by Gasteiger charge is 2.29. The molecule has 0 unspecified atom stereocenters. The summed E-state index contributed by atoms with van der Waals surface area (Å²) in [6.07, 6.45) is -3.59. The van der Waals surface area contributed by atoms with Crippen LogP contribution in [0.2, 0.25) is 0 Å². The fourth-order valence-corrected chi connectivity index (χ4v) is 1.64. The van der Waals surface area contributed by atoms with Gasteiger partial charge in [0.05, 0.1) is 12.1 Å². The van der Waals surface area contributed by atoms with Gasteiger partial charge in [-0.25, -0.2) is 0 Å². The number of carbonyl (C=O) groups excluding carboxylic acids is 1. The number of benzene rings is 1. The maximum atomic E-state index is 12.4. The van der Waals surface area contributed by atoms with Crippen LogP contribution in [-0.2, 0) is 22.3 Å². The van der Waals surface area contributed by atoms with Gasteiger partial charge in [-0.3, -0.25) is 4.79 Å². The summed E-state index contributed by atoms with van der Waals surface area (Å²) in [7, 11) is 1.59. The monoisotopic (exact) mass is 304 g/mol. The quantitative estimate of drug-likeness (QED) is 0.722. The predicted molar refractivity (Wildman–Crippen MR) is 72.7 cm³/mol. The highest BCUT2D eigenvalue weighted by molar-refractivity contribution is 5.77. The number of methoxy groups -OCH3 is 1. The first kappa shape index (κ1) is 17.5. The summed E-state index contributed by atoms with van der Waals surface area (Å²) in [5, 5.41) is 5.58. The molecule has 1 aromatic carbocycles. The van der Waals surface area contributed by atoms with Crippen molar-refractivity contribution in [3.05, 3.63) is 35.4 Å². The summed E-state index contributed by atoms with van der Waals surface area (Å²) in [4.78, 5) is 11.4. The van der Waals surface area contributed by atoms with E-state index in [-0.39, 0.29) is 12.5 Å². The Hall–Kier alpha value is -1.60. The third-order valence-corrected chi connectivity index (χ3v) is 2.74. The number of ether oxygens (including phenoxy) is 1. The van der Waals surface area contributed by atoms with Crippen LogP contribution >= 0.6 is 0 Å². The molecule has 0 bridgehead atoms. The van der Waals surface area contributed by atoms with Crippen molar-refractivity contribution >= 4 is 5.91 Å². The van der Waals surface area contributed by atoms with Crippen molar-refractivity contribution < 1.29 is 22.7 Å². The molecule has 21 heavy (non-hydrogen) atoms. The Morgan fingerprint density at radius 1 is 1.24 bits per heavy atom. The molecule has 0 aliphatic rings. The lowest BCUT2D eigenvalue weighted by Crippen LogP contribution is -2.34. The van der Waals surface area contributed by atoms with E-state index in [1.807, 2.05) is 0 Å². The molecule has 1 aromatic rings. The SMILES string of the molecule is COCCCNC(=O)CNCc1ccc(C(F)(F)F)cc1. The number of nitrogens with one attached hydrogen (secondary N) is 2. The van der Waals surface area contributed by atoms with E-state index < -0.39 is 11.7 Å². The van der Waals surface area contributed by atoms with Crippen LogP contribution in [0.5, 0.6) is 0 Å². The van der Waals surface area contributed by atoms with Crippen LogP contribution < -0.4 is 10.6 Å². The molecule has 1 rings (SSSR count). The van der Waals surface area contributed by atoms with Gasteiger partial charge in [0.1, 0.15) is 0 Å². The van der Waals surface area contributed by atoms with E-state index in [9.17, 15) is 18.0 Å². The lowest BCUT2D eigenvalue weighted by molar-refractivity contribution is -0.137. The van der Waals surface area contributed by atoms with Gasteiger partial charge < -0.3 is 15.4 Å². The topological polar surface area (TPSA) is 50.4 Å². The molecule has 0 aliphatic heterocycles. The summed E-state index contributed by atoms with van der Waals surface area (Å²) >= 11 is 0. The molecule has 0 spiro atoms. The van der Waals surface area contributed by atoms with Gasteiger partial charge in [-0.15, -0.1) is 0 Å². The number of hydrogen-bond donors (Lipinski definition) is 2. The number of alkyl halides is 3. The Labute approximate surface area is 121 Å². The normalized spacial score (nSPS) is 11.4. The first-order chi connectivity index (χ1) is 9.93. The molecule has 118 valence electrons. The van der Waals surface area contributed by atoms with Crippen LogP contribution in [0.3, 0.4) is 0 Å². The molecule has 7 heteroatoms. The molecule has 1 amide bonds. The summed E-state index contributed by atoms with van der Waals surface area (Å²) in [5.74, 6) is -0.155. The van der Waals surface area contributed by atoms with Crippen molar-refractivity contribution in [2.75, 3.05) is 26.8 Å². The zero-order valence-electron chi connectivity index (χ0n) is 11.8. The molecule has 0 saturated carbocycles. The largest absolute Gasteiger partial charge is 0.416 e. The lowest BCUT2D eigenvalue weighted by Gasteiger charge is -2.09. The molecule has 0 atom stereocenters. The van der Waals surface area contributed by atoms with Crippen molar-refractivity contribution in [1.82, 2.24) is 10.6 Å². The van der Waals surface area contributed by atoms with Crippen LogP contribution in [0.25, 0.3) is 0 Å². The van der Waals surface area contributed by atoms with Gasteiger partial charge in [0.15, 0.2) is 0 Å². The van der Waals surface area contributed by atoms with Crippen LogP contribution in [0, 0.1) is 0 Å². The van der Waals surface area contributed by atoms with E-state index >= 15 is 0 Å². The third-order valence-electron chi connectivity index (χ3n) is 2.74. The number of halogens is 3. The third kappa shape index (κ3) is 7.10. The van der Waals surface area contributed by atoms with Gasteiger partial charge in [-0.1, -0.05) is 12.1 Å². The van der Waals surface area contributed by atoms with Crippen LogP contribution in [0.15, 0.2) is 24.3 Å². The second-order valence-electron chi connectivity index (χ2n) is 4.49. The van der Waals surface area contributed by atoms with E-state index in [1.54, 1.807) is 7.11 Å². The summed E-state index contributed by atoms with van der Waals surface area (Å²) in [5.41, 5.74) is 0.0114. The van der Waals surface area contributed by atoms with Crippen LogP contribution in [0.4, 0.5) is 13.2 Å². The summed E-state index contributed by atoms with van der Waals surface area (Å²) in [6.45, 7) is 1.57. The minimum absolute atomic E-state index is 0.119. The Morgan fingerprint density at radius 2 is 1.90 bits per heavy atom. The van der Waals surface area contributed by atoms with Gasteiger partial charge in [0, 0.05) is 26.8 Å². The molecule has 0 saturated heterocycles. The Balaban J connectivity index is 2.25. The first-order valence-electron chi connectivity index (χ1n) is 6.56. The number of carbonyl (C=O) groups is 1. The zero-order chi connectivity index (χ0) is 15.7. The highest BCUT2D eigenvalue weighted by Crippen LogP contribution is 2.28. The van der Waals surface area contributed by atoms with E-state index in [1.165, 1.54) is 12.1 Å². The van der Waals surface area contributed by atoms with E-state index in [0.717, 1.165) is 18.6 Å². The van der Waals surface area contributed by atoms with Crippen molar-refractivity contribution in [2.45, 2.75) is 19.1 Å². The number of rotatable bonds is 8. The fourth-order valence-electron chi connectivity index (χ4n) is 1.64. The minimum atomic E-state index is -4.33. The second-order valence-corrected chi connectivity index (χ2v) is 4.49. The minimum Gasteiger partial charge on any atom is -0.385 e. The average Bonchev–Trinajstić information content (AvgIpc) is 2.43. The van der Waals surface area contributed by atoms with Crippen molar-refractivity contribution in [2.24, 2.45) is 0 Å². The van der Waals surface area contributed by atoms with Gasteiger partial charge in [0.25, 0.3) is 0 Å². The summed E-state index contributed by atoms with van der Waals surface area (Å²) in [6, 6.07) is 4.85.